The largest absolute Gasteiger partial charge is 0.457 e. The first-order valence-electron chi connectivity index (χ1n) is 7.07. The summed E-state index contributed by atoms with van der Waals surface area (Å²) in [5.41, 5.74) is 3.19. The highest BCUT2D eigenvalue weighted by atomic mass is 16.5. The average molecular weight is 258 g/mol. The van der Waals surface area contributed by atoms with E-state index in [1.807, 2.05) is 6.07 Å². The van der Waals surface area contributed by atoms with Crippen molar-refractivity contribution >= 4 is 5.97 Å². The third-order valence-electron chi connectivity index (χ3n) is 4.51. The first kappa shape index (κ1) is 11.4. The van der Waals surface area contributed by atoms with E-state index in [1.165, 1.54) is 12.0 Å². The van der Waals surface area contributed by atoms with Crippen LogP contribution < -0.4 is 5.32 Å². The summed E-state index contributed by atoms with van der Waals surface area (Å²) in [6, 6.07) is 6.93. The number of carbonyl (C=O) groups is 1. The number of hydrogen-bond acceptors (Lipinski definition) is 4. The van der Waals surface area contributed by atoms with Crippen LogP contribution in [0.3, 0.4) is 0 Å². The summed E-state index contributed by atoms with van der Waals surface area (Å²) in [7, 11) is 0. The fourth-order valence-electron chi connectivity index (χ4n) is 3.34. The number of cyclic esters (lactones) is 1. The van der Waals surface area contributed by atoms with Crippen LogP contribution in [0, 0.1) is 0 Å². The number of carbonyl (C=O) groups excluding carboxylic acids is 1. The maximum atomic E-state index is 11.4. The molecule has 100 valence electrons. The van der Waals surface area contributed by atoms with Crippen molar-refractivity contribution in [3.63, 3.8) is 0 Å². The van der Waals surface area contributed by atoms with Crippen LogP contribution in [0.4, 0.5) is 0 Å². The van der Waals surface area contributed by atoms with Crippen molar-refractivity contribution in [3.05, 3.63) is 34.9 Å². The molecule has 0 amide bonds. The van der Waals surface area contributed by atoms with Crippen LogP contribution in [0.2, 0.25) is 0 Å². The van der Waals surface area contributed by atoms with Gasteiger partial charge in [0.05, 0.1) is 5.56 Å². The molecule has 1 N–H and O–H groups in total. The topological polar surface area (TPSA) is 41.6 Å². The molecule has 1 aromatic rings. The number of hydrogen-bond donors (Lipinski definition) is 1. The second-order valence-corrected chi connectivity index (χ2v) is 5.69. The molecule has 1 aromatic carbocycles. The average Bonchev–Trinajstić information content (AvgIpc) is 3.19. The number of fused-ring (bicyclic) bond motifs is 1. The van der Waals surface area contributed by atoms with E-state index in [-0.39, 0.29) is 5.97 Å². The van der Waals surface area contributed by atoms with Crippen molar-refractivity contribution in [3.8, 4) is 0 Å². The highest BCUT2D eigenvalue weighted by Crippen LogP contribution is 2.45. The van der Waals surface area contributed by atoms with Crippen molar-refractivity contribution in [2.45, 2.75) is 25.0 Å². The van der Waals surface area contributed by atoms with Gasteiger partial charge in [-0.2, -0.15) is 0 Å². The van der Waals surface area contributed by atoms with Gasteiger partial charge in [-0.3, -0.25) is 4.90 Å². The van der Waals surface area contributed by atoms with Gasteiger partial charge < -0.3 is 10.1 Å². The third kappa shape index (κ3) is 1.95. The van der Waals surface area contributed by atoms with Gasteiger partial charge in [-0.15, -0.1) is 0 Å². The summed E-state index contributed by atoms with van der Waals surface area (Å²) in [6.45, 7) is 4.99. The minimum Gasteiger partial charge on any atom is -0.457 e. The number of rotatable bonds is 2. The number of ether oxygens (including phenoxy) is 1. The molecule has 4 nitrogen and oxygen atoms in total. The molecule has 0 aromatic heterocycles. The first-order chi connectivity index (χ1) is 9.33. The first-order valence-corrected chi connectivity index (χ1v) is 7.07. The zero-order valence-electron chi connectivity index (χ0n) is 10.9. The second kappa shape index (κ2) is 4.32. The molecule has 1 aliphatic carbocycles. The predicted molar refractivity (Wildman–Crippen MR) is 71.2 cm³/mol. The fraction of sp³-hybridized carbons (Fsp3) is 0.533. The van der Waals surface area contributed by atoms with Crippen LogP contribution in [-0.4, -0.2) is 43.1 Å². The van der Waals surface area contributed by atoms with Crippen molar-refractivity contribution in [2.24, 2.45) is 0 Å². The smallest absolute Gasteiger partial charge is 0.338 e. The van der Waals surface area contributed by atoms with Gasteiger partial charge >= 0.3 is 5.97 Å². The molecule has 0 radical (unpaired) electrons. The predicted octanol–water partition coefficient (Wildman–Crippen LogP) is 1.12. The molecule has 3 aliphatic rings. The molecule has 19 heavy (non-hydrogen) atoms. The second-order valence-electron chi connectivity index (χ2n) is 5.69. The quantitative estimate of drug-likeness (QED) is 0.807. The monoisotopic (exact) mass is 258 g/mol. The SMILES string of the molecule is O=C1OCc2cc([C@@H]3C[C@H]3N3CCNCC3)ccc21. The molecule has 2 fully saturated rings. The Morgan fingerprint density at radius 2 is 2.11 bits per heavy atom. The third-order valence-corrected chi connectivity index (χ3v) is 4.51. The summed E-state index contributed by atoms with van der Waals surface area (Å²) in [4.78, 5) is 14.0. The van der Waals surface area contributed by atoms with Crippen LogP contribution in [0.1, 0.15) is 33.8 Å². The van der Waals surface area contributed by atoms with E-state index in [4.69, 9.17) is 4.74 Å². The summed E-state index contributed by atoms with van der Waals surface area (Å²) in [6.07, 6.45) is 1.26. The van der Waals surface area contributed by atoms with E-state index in [2.05, 4.69) is 22.3 Å². The van der Waals surface area contributed by atoms with Crippen molar-refractivity contribution in [1.29, 1.82) is 0 Å². The van der Waals surface area contributed by atoms with Gasteiger partial charge in [-0.1, -0.05) is 12.1 Å². The van der Waals surface area contributed by atoms with Gasteiger partial charge in [0.15, 0.2) is 0 Å². The standard InChI is InChI=1S/C15H18N2O2/c18-15-12-2-1-10(7-11(12)9-19-15)13-8-14(13)17-5-3-16-4-6-17/h1-2,7,13-14,16H,3-6,8-9H2/t13-,14+/m0/s1. The van der Waals surface area contributed by atoms with Gasteiger partial charge in [0.1, 0.15) is 6.61 Å². The maximum Gasteiger partial charge on any atom is 0.338 e. The number of nitrogens with one attached hydrogen (secondary N) is 1. The molecule has 4 rings (SSSR count). The molecule has 0 unspecified atom stereocenters. The molecule has 2 aliphatic heterocycles. The molecule has 0 bridgehead atoms. The molecule has 1 saturated carbocycles. The van der Waals surface area contributed by atoms with E-state index in [0.29, 0.717) is 18.6 Å². The molecule has 1 saturated heterocycles. The maximum absolute atomic E-state index is 11.4. The van der Waals surface area contributed by atoms with E-state index in [0.717, 1.165) is 37.3 Å². The molecular formula is C15H18N2O2. The molecule has 2 heterocycles. The lowest BCUT2D eigenvalue weighted by Gasteiger charge is -2.27. The Morgan fingerprint density at radius 3 is 2.95 bits per heavy atom. The van der Waals surface area contributed by atoms with Crippen LogP contribution in [-0.2, 0) is 11.3 Å². The lowest BCUT2D eigenvalue weighted by Crippen LogP contribution is -2.44. The highest BCUT2D eigenvalue weighted by Gasteiger charge is 2.43. The normalized spacial score (nSPS) is 30.0. The Labute approximate surface area is 112 Å². The zero-order valence-corrected chi connectivity index (χ0v) is 10.9. The Hall–Kier alpha value is -1.39. The fourth-order valence-corrected chi connectivity index (χ4v) is 3.34. The number of piperazine rings is 1. The van der Waals surface area contributed by atoms with E-state index in [1.54, 1.807) is 0 Å². The highest BCUT2D eigenvalue weighted by molar-refractivity contribution is 5.93. The van der Waals surface area contributed by atoms with Gasteiger partial charge in [0, 0.05) is 43.7 Å². The lowest BCUT2D eigenvalue weighted by atomic mass is 10.0. The minimum atomic E-state index is -0.170. The van der Waals surface area contributed by atoms with Gasteiger partial charge in [0.25, 0.3) is 0 Å². The molecule has 0 spiro atoms. The minimum absolute atomic E-state index is 0.170. The summed E-state index contributed by atoms with van der Waals surface area (Å²) < 4.78 is 5.06. The Balaban J connectivity index is 1.51. The van der Waals surface area contributed by atoms with Crippen LogP contribution in [0.15, 0.2) is 18.2 Å². The van der Waals surface area contributed by atoms with E-state index < -0.39 is 0 Å². The van der Waals surface area contributed by atoms with E-state index in [9.17, 15) is 4.79 Å². The van der Waals surface area contributed by atoms with Gasteiger partial charge in [-0.05, 0) is 18.1 Å². The Bertz CT molecular complexity index is 523. The van der Waals surface area contributed by atoms with Crippen molar-refractivity contribution in [1.82, 2.24) is 10.2 Å². The summed E-state index contributed by atoms with van der Waals surface area (Å²) >= 11 is 0. The van der Waals surface area contributed by atoms with Gasteiger partial charge in [0.2, 0.25) is 0 Å². The van der Waals surface area contributed by atoms with Crippen molar-refractivity contribution in [2.75, 3.05) is 26.2 Å². The summed E-state index contributed by atoms with van der Waals surface area (Å²) in [5.74, 6) is 0.482. The molecular weight excluding hydrogens is 240 g/mol. The number of nitrogens with zero attached hydrogens (tertiary/aromatic N) is 1. The molecule has 2 atom stereocenters. The van der Waals surface area contributed by atoms with Gasteiger partial charge in [-0.25, -0.2) is 4.79 Å². The zero-order chi connectivity index (χ0) is 12.8. The number of benzene rings is 1. The summed E-state index contributed by atoms with van der Waals surface area (Å²) in [5, 5.41) is 3.40. The lowest BCUT2D eigenvalue weighted by molar-refractivity contribution is 0.0535. The van der Waals surface area contributed by atoms with Crippen LogP contribution in [0.25, 0.3) is 0 Å². The van der Waals surface area contributed by atoms with Crippen LogP contribution >= 0.6 is 0 Å². The Morgan fingerprint density at radius 1 is 1.26 bits per heavy atom. The van der Waals surface area contributed by atoms with E-state index >= 15 is 0 Å². The van der Waals surface area contributed by atoms with Crippen LogP contribution in [0.5, 0.6) is 0 Å². The van der Waals surface area contributed by atoms with Crippen molar-refractivity contribution < 1.29 is 9.53 Å². The number of esters is 1. The Kier molecular flexibility index (Phi) is 2.60. The molecule has 4 heteroatoms.